The molecule has 7 heteroatoms. The highest BCUT2D eigenvalue weighted by atomic mass is 32.1. The Balaban J connectivity index is 1.38. The van der Waals surface area contributed by atoms with Gasteiger partial charge in [0.1, 0.15) is 6.54 Å². The van der Waals surface area contributed by atoms with Crippen LogP contribution in [0.25, 0.3) is 11.4 Å². The van der Waals surface area contributed by atoms with Gasteiger partial charge in [-0.3, -0.25) is 4.79 Å². The fraction of sp³-hybridized carbons (Fsp3) is 0.368. The number of nitrogens with zero attached hydrogens (tertiary/aromatic N) is 4. The molecule has 0 bridgehead atoms. The van der Waals surface area contributed by atoms with E-state index in [0.717, 1.165) is 17.5 Å². The maximum Gasteiger partial charge on any atom is 0.244 e. The first-order valence-corrected chi connectivity index (χ1v) is 9.85. The SMILES string of the molecule is C[C@H](NC(=O)Cn1nnc(-c2ccsc2)n1)c1ccc2c(c1)CCCC2. The van der Waals surface area contributed by atoms with Crippen molar-refractivity contribution in [1.82, 2.24) is 25.5 Å². The van der Waals surface area contributed by atoms with Gasteiger partial charge in [0.2, 0.25) is 11.7 Å². The molecule has 0 saturated heterocycles. The van der Waals surface area contributed by atoms with Gasteiger partial charge in [-0.25, -0.2) is 0 Å². The number of fused-ring (bicyclic) bond motifs is 1. The van der Waals surface area contributed by atoms with Gasteiger partial charge in [0.05, 0.1) is 6.04 Å². The molecule has 0 saturated carbocycles. The molecule has 2 aromatic heterocycles. The number of aromatic nitrogens is 4. The zero-order valence-corrected chi connectivity index (χ0v) is 15.5. The van der Waals surface area contributed by atoms with E-state index in [1.54, 1.807) is 11.3 Å². The summed E-state index contributed by atoms with van der Waals surface area (Å²) < 4.78 is 0. The third-order valence-corrected chi connectivity index (χ3v) is 5.45. The lowest BCUT2D eigenvalue weighted by molar-refractivity contribution is -0.122. The molecule has 0 spiro atoms. The van der Waals surface area contributed by atoms with Crippen LogP contribution in [-0.2, 0) is 24.2 Å². The van der Waals surface area contributed by atoms with Crippen molar-refractivity contribution < 1.29 is 4.79 Å². The van der Waals surface area contributed by atoms with E-state index < -0.39 is 0 Å². The van der Waals surface area contributed by atoms with E-state index in [4.69, 9.17) is 0 Å². The number of thiophene rings is 1. The first-order chi connectivity index (χ1) is 12.7. The molecule has 0 fully saturated rings. The van der Waals surface area contributed by atoms with Crippen LogP contribution in [0.1, 0.15) is 42.5 Å². The molecule has 6 nitrogen and oxygen atoms in total. The van der Waals surface area contributed by atoms with Gasteiger partial charge in [0.25, 0.3) is 0 Å². The van der Waals surface area contributed by atoms with Gasteiger partial charge in [0, 0.05) is 10.9 Å². The van der Waals surface area contributed by atoms with E-state index in [2.05, 4.69) is 38.9 Å². The van der Waals surface area contributed by atoms with E-state index in [9.17, 15) is 4.79 Å². The van der Waals surface area contributed by atoms with Crippen LogP contribution in [0.15, 0.2) is 35.0 Å². The first-order valence-electron chi connectivity index (χ1n) is 8.90. The van der Waals surface area contributed by atoms with Crippen molar-refractivity contribution in [3.8, 4) is 11.4 Å². The monoisotopic (exact) mass is 367 g/mol. The average molecular weight is 367 g/mol. The Bertz CT molecular complexity index is 903. The fourth-order valence-corrected chi connectivity index (χ4v) is 3.97. The van der Waals surface area contributed by atoms with Crippen LogP contribution < -0.4 is 5.32 Å². The lowest BCUT2D eigenvalue weighted by atomic mass is 9.89. The number of hydrogen-bond acceptors (Lipinski definition) is 5. The van der Waals surface area contributed by atoms with Gasteiger partial charge in [-0.2, -0.15) is 16.1 Å². The minimum Gasteiger partial charge on any atom is -0.348 e. The number of carbonyl (C=O) groups excluding carboxylic acids is 1. The van der Waals surface area contributed by atoms with E-state index in [0.29, 0.717) is 5.82 Å². The minimum absolute atomic E-state index is 0.0467. The van der Waals surface area contributed by atoms with Crippen LogP contribution in [0.5, 0.6) is 0 Å². The molecule has 1 aliphatic carbocycles. The average Bonchev–Trinajstić information content (AvgIpc) is 3.32. The molecular formula is C19H21N5OS. The summed E-state index contributed by atoms with van der Waals surface area (Å²) in [4.78, 5) is 13.7. The number of nitrogens with one attached hydrogen (secondary N) is 1. The smallest absolute Gasteiger partial charge is 0.244 e. The second kappa shape index (κ2) is 7.37. The number of aryl methyl sites for hydroxylation is 2. The number of amides is 1. The Hall–Kier alpha value is -2.54. The fourth-order valence-electron chi connectivity index (χ4n) is 3.34. The van der Waals surface area contributed by atoms with Gasteiger partial charge < -0.3 is 5.32 Å². The summed E-state index contributed by atoms with van der Waals surface area (Å²) in [6.07, 6.45) is 4.83. The molecule has 26 heavy (non-hydrogen) atoms. The molecule has 134 valence electrons. The standard InChI is InChI=1S/C19H21N5OS/c1-13(15-7-6-14-4-2-3-5-16(14)10-15)20-18(25)11-24-22-19(21-23-24)17-8-9-26-12-17/h6-10,12-13H,2-5,11H2,1H3,(H,20,25)/t13-/m0/s1. The second-order valence-corrected chi connectivity index (χ2v) is 7.46. The Morgan fingerprint density at radius 3 is 2.92 bits per heavy atom. The molecule has 2 heterocycles. The van der Waals surface area contributed by atoms with Crippen molar-refractivity contribution in [1.29, 1.82) is 0 Å². The van der Waals surface area contributed by atoms with Crippen molar-refractivity contribution in [2.75, 3.05) is 0 Å². The summed E-state index contributed by atoms with van der Waals surface area (Å²) in [5, 5.41) is 19.2. The van der Waals surface area contributed by atoms with Crippen LogP contribution in [0.2, 0.25) is 0 Å². The summed E-state index contributed by atoms with van der Waals surface area (Å²) in [7, 11) is 0. The van der Waals surface area contributed by atoms with Gasteiger partial charge in [-0.15, -0.1) is 10.2 Å². The first kappa shape index (κ1) is 16.9. The van der Waals surface area contributed by atoms with E-state index >= 15 is 0 Å². The van der Waals surface area contributed by atoms with Crippen molar-refractivity contribution in [2.24, 2.45) is 0 Å². The third kappa shape index (κ3) is 3.67. The topological polar surface area (TPSA) is 72.7 Å². The molecule has 4 rings (SSSR count). The maximum absolute atomic E-state index is 12.3. The highest BCUT2D eigenvalue weighted by molar-refractivity contribution is 7.08. The third-order valence-electron chi connectivity index (χ3n) is 4.77. The molecular weight excluding hydrogens is 346 g/mol. The molecule has 1 N–H and O–H groups in total. The predicted octanol–water partition coefficient (Wildman–Crippen LogP) is 3.16. The van der Waals surface area contributed by atoms with Gasteiger partial charge in [-0.05, 0) is 66.0 Å². The predicted molar refractivity (Wildman–Crippen MR) is 101 cm³/mol. The van der Waals surface area contributed by atoms with Gasteiger partial charge in [0.15, 0.2) is 0 Å². The molecule has 3 aromatic rings. The minimum atomic E-state index is -0.121. The summed E-state index contributed by atoms with van der Waals surface area (Å²) in [6, 6.07) is 8.46. The quantitative estimate of drug-likeness (QED) is 0.752. The van der Waals surface area contributed by atoms with Crippen molar-refractivity contribution in [3.05, 3.63) is 51.7 Å². The van der Waals surface area contributed by atoms with Crippen molar-refractivity contribution in [2.45, 2.75) is 45.2 Å². The lowest BCUT2D eigenvalue weighted by Gasteiger charge is -2.20. The molecule has 0 unspecified atom stereocenters. The Morgan fingerprint density at radius 2 is 2.12 bits per heavy atom. The van der Waals surface area contributed by atoms with Crippen LogP contribution in [0.4, 0.5) is 0 Å². The molecule has 1 aromatic carbocycles. The highest BCUT2D eigenvalue weighted by Crippen LogP contribution is 2.24. The number of carbonyl (C=O) groups is 1. The van der Waals surface area contributed by atoms with E-state index in [1.807, 2.05) is 23.8 Å². The summed E-state index contributed by atoms with van der Waals surface area (Å²) in [5.74, 6) is 0.422. The molecule has 0 radical (unpaired) electrons. The van der Waals surface area contributed by atoms with Crippen molar-refractivity contribution >= 4 is 17.2 Å². The van der Waals surface area contributed by atoms with E-state index in [-0.39, 0.29) is 18.5 Å². The summed E-state index contributed by atoms with van der Waals surface area (Å²) >= 11 is 1.58. The summed E-state index contributed by atoms with van der Waals surface area (Å²) in [5.41, 5.74) is 4.94. The van der Waals surface area contributed by atoms with Crippen LogP contribution in [0, 0.1) is 0 Å². The summed E-state index contributed by atoms with van der Waals surface area (Å²) in [6.45, 7) is 2.07. The van der Waals surface area contributed by atoms with Gasteiger partial charge >= 0.3 is 0 Å². The number of hydrogen-bond donors (Lipinski definition) is 1. The van der Waals surface area contributed by atoms with Crippen LogP contribution in [-0.4, -0.2) is 26.1 Å². The molecule has 1 atom stereocenters. The van der Waals surface area contributed by atoms with E-state index in [1.165, 1.54) is 35.2 Å². The normalized spacial score (nSPS) is 14.7. The second-order valence-electron chi connectivity index (χ2n) is 6.68. The Labute approximate surface area is 156 Å². The largest absolute Gasteiger partial charge is 0.348 e. The molecule has 0 aliphatic heterocycles. The zero-order chi connectivity index (χ0) is 17.9. The zero-order valence-electron chi connectivity index (χ0n) is 14.7. The van der Waals surface area contributed by atoms with Crippen molar-refractivity contribution in [3.63, 3.8) is 0 Å². The highest BCUT2D eigenvalue weighted by Gasteiger charge is 2.15. The van der Waals surface area contributed by atoms with Gasteiger partial charge in [-0.1, -0.05) is 18.2 Å². The molecule has 1 aliphatic rings. The Morgan fingerprint density at radius 1 is 1.27 bits per heavy atom. The number of benzene rings is 1. The Kier molecular flexibility index (Phi) is 4.79. The van der Waals surface area contributed by atoms with Crippen LogP contribution >= 0.6 is 11.3 Å². The molecule has 1 amide bonds. The maximum atomic E-state index is 12.3. The van der Waals surface area contributed by atoms with Crippen LogP contribution in [0.3, 0.4) is 0 Å². The number of tetrazole rings is 1. The number of rotatable bonds is 5. The lowest BCUT2D eigenvalue weighted by Crippen LogP contribution is -2.31.